The quantitative estimate of drug-likeness (QED) is 0.293. The maximum absolute atomic E-state index is 10.8. The topological polar surface area (TPSA) is 78.3 Å². The van der Waals surface area contributed by atoms with Crippen LogP contribution in [0.25, 0.3) is 0 Å². The van der Waals surface area contributed by atoms with Crippen molar-refractivity contribution < 1.29 is 9.53 Å². The first-order valence-corrected chi connectivity index (χ1v) is 3.71. The van der Waals surface area contributed by atoms with Crippen molar-refractivity contribution in [2.75, 3.05) is 6.61 Å². The smallest absolute Gasteiger partial charge is 0.354 e. The SMILES string of the molecule is CCOC(=O)/C(N)=C/C=C(\N)Cl. The van der Waals surface area contributed by atoms with Gasteiger partial charge in [-0.25, -0.2) is 4.79 Å². The van der Waals surface area contributed by atoms with E-state index in [-0.39, 0.29) is 17.5 Å². The number of hydrogen-bond donors (Lipinski definition) is 2. The minimum absolute atomic E-state index is 0.0274. The first-order valence-electron chi connectivity index (χ1n) is 3.33. The molecule has 0 aliphatic carbocycles. The first kappa shape index (κ1) is 10.8. The lowest BCUT2D eigenvalue weighted by Gasteiger charge is -1.99. The molecule has 0 aromatic rings. The van der Waals surface area contributed by atoms with Crippen molar-refractivity contribution in [3.63, 3.8) is 0 Å². The Morgan fingerprint density at radius 1 is 1.50 bits per heavy atom. The summed E-state index contributed by atoms with van der Waals surface area (Å²) in [5.74, 6) is -0.577. The van der Waals surface area contributed by atoms with E-state index in [1.807, 2.05) is 0 Å². The number of ether oxygens (including phenoxy) is 1. The molecule has 4 nitrogen and oxygen atoms in total. The monoisotopic (exact) mass is 190 g/mol. The molecule has 0 spiro atoms. The second kappa shape index (κ2) is 5.49. The molecule has 0 aromatic carbocycles. The molecule has 0 heterocycles. The fourth-order valence-corrected chi connectivity index (χ4v) is 0.515. The van der Waals surface area contributed by atoms with Crippen LogP contribution in [-0.4, -0.2) is 12.6 Å². The van der Waals surface area contributed by atoms with Crippen molar-refractivity contribution in [1.82, 2.24) is 0 Å². The molecule has 0 rings (SSSR count). The average molecular weight is 191 g/mol. The highest BCUT2D eigenvalue weighted by atomic mass is 35.5. The Morgan fingerprint density at radius 2 is 2.08 bits per heavy atom. The highest BCUT2D eigenvalue weighted by molar-refractivity contribution is 6.29. The van der Waals surface area contributed by atoms with Crippen LogP contribution in [0.3, 0.4) is 0 Å². The molecule has 12 heavy (non-hydrogen) atoms. The van der Waals surface area contributed by atoms with E-state index in [1.54, 1.807) is 6.92 Å². The summed E-state index contributed by atoms with van der Waals surface area (Å²) in [6.07, 6.45) is 2.61. The van der Waals surface area contributed by atoms with Crippen molar-refractivity contribution in [2.24, 2.45) is 11.5 Å². The van der Waals surface area contributed by atoms with Gasteiger partial charge in [0.2, 0.25) is 0 Å². The summed E-state index contributed by atoms with van der Waals surface area (Å²) in [7, 11) is 0. The highest BCUT2D eigenvalue weighted by Gasteiger charge is 2.02. The molecule has 4 N–H and O–H groups in total. The van der Waals surface area contributed by atoms with Gasteiger partial charge < -0.3 is 16.2 Å². The Bertz CT molecular complexity index is 219. The number of carbonyl (C=O) groups excluding carboxylic acids is 1. The maximum Gasteiger partial charge on any atom is 0.354 e. The fourth-order valence-electron chi connectivity index (χ4n) is 0.452. The van der Waals surface area contributed by atoms with E-state index in [0.29, 0.717) is 0 Å². The van der Waals surface area contributed by atoms with Crippen molar-refractivity contribution in [3.05, 3.63) is 23.0 Å². The lowest BCUT2D eigenvalue weighted by Crippen LogP contribution is -2.14. The molecule has 0 unspecified atom stereocenters. The first-order chi connectivity index (χ1) is 5.57. The van der Waals surface area contributed by atoms with E-state index >= 15 is 0 Å². The van der Waals surface area contributed by atoms with Crippen LogP contribution in [0.5, 0.6) is 0 Å². The Morgan fingerprint density at radius 3 is 2.50 bits per heavy atom. The van der Waals surface area contributed by atoms with Crippen LogP contribution in [0.4, 0.5) is 0 Å². The van der Waals surface area contributed by atoms with E-state index in [1.165, 1.54) is 12.2 Å². The molecule has 0 fully saturated rings. The zero-order chi connectivity index (χ0) is 9.56. The minimum Gasteiger partial charge on any atom is -0.461 e. The second-order valence-corrected chi connectivity index (χ2v) is 2.33. The zero-order valence-corrected chi connectivity index (χ0v) is 7.47. The number of halogens is 1. The molecular formula is C7H11ClN2O2. The third-order valence-electron chi connectivity index (χ3n) is 0.933. The number of hydrogen-bond acceptors (Lipinski definition) is 4. The Hall–Kier alpha value is -1.16. The number of nitrogens with two attached hydrogens (primary N) is 2. The largest absolute Gasteiger partial charge is 0.461 e. The second-order valence-electron chi connectivity index (χ2n) is 1.89. The van der Waals surface area contributed by atoms with Gasteiger partial charge in [0, 0.05) is 0 Å². The lowest BCUT2D eigenvalue weighted by atomic mass is 10.4. The zero-order valence-electron chi connectivity index (χ0n) is 6.71. The van der Waals surface area contributed by atoms with Gasteiger partial charge in [-0.1, -0.05) is 11.6 Å². The number of allylic oxidation sites excluding steroid dienone is 2. The van der Waals surface area contributed by atoms with Crippen molar-refractivity contribution >= 4 is 17.6 Å². The van der Waals surface area contributed by atoms with Gasteiger partial charge in [-0.3, -0.25) is 0 Å². The van der Waals surface area contributed by atoms with Crippen molar-refractivity contribution in [1.29, 1.82) is 0 Å². The van der Waals surface area contributed by atoms with Gasteiger partial charge in [-0.05, 0) is 19.1 Å². The molecule has 0 aliphatic rings. The summed E-state index contributed by atoms with van der Waals surface area (Å²) in [6.45, 7) is 1.98. The Balaban J connectivity index is 4.18. The van der Waals surface area contributed by atoms with Crippen LogP contribution in [0.2, 0.25) is 0 Å². The third kappa shape index (κ3) is 4.62. The number of esters is 1. The van der Waals surface area contributed by atoms with E-state index in [9.17, 15) is 4.79 Å². The molecule has 0 amide bonds. The normalized spacial score (nSPS) is 12.8. The van der Waals surface area contributed by atoms with E-state index in [0.717, 1.165) is 0 Å². The van der Waals surface area contributed by atoms with E-state index in [4.69, 9.17) is 23.1 Å². The molecule has 0 radical (unpaired) electrons. The van der Waals surface area contributed by atoms with Crippen LogP contribution in [0.1, 0.15) is 6.92 Å². The molecule has 0 aliphatic heterocycles. The highest BCUT2D eigenvalue weighted by Crippen LogP contribution is 1.94. The van der Waals surface area contributed by atoms with Gasteiger partial charge in [-0.15, -0.1) is 0 Å². The third-order valence-corrected chi connectivity index (χ3v) is 1.06. The summed E-state index contributed by atoms with van der Waals surface area (Å²) in [5, 5.41) is 0.0576. The molecule has 0 aromatic heterocycles. The predicted octanol–water partition coefficient (Wildman–Crippen LogP) is 0.431. The van der Waals surface area contributed by atoms with E-state index < -0.39 is 5.97 Å². The summed E-state index contributed by atoms with van der Waals surface area (Å²) in [4.78, 5) is 10.8. The standard InChI is InChI=1S/C7H11ClN2O2/c1-2-12-7(11)5(9)3-4-6(8)10/h3-4H,2,9-10H2,1H3/b5-3-,6-4-. The van der Waals surface area contributed by atoms with Crippen LogP contribution in [0.15, 0.2) is 23.0 Å². The Labute approximate surface area is 75.8 Å². The molecule has 0 saturated heterocycles. The predicted molar refractivity (Wildman–Crippen MR) is 47.0 cm³/mol. The number of carbonyl (C=O) groups is 1. The molecule has 0 atom stereocenters. The van der Waals surface area contributed by atoms with Crippen LogP contribution >= 0.6 is 11.6 Å². The van der Waals surface area contributed by atoms with E-state index in [2.05, 4.69) is 4.74 Å². The van der Waals surface area contributed by atoms with Gasteiger partial charge in [0.25, 0.3) is 0 Å². The summed E-state index contributed by atoms with van der Waals surface area (Å²) >= 11 is 5.29. The van der Waals surface area contributed by atoms with Crippen LogP contribution in [0, 0.1) is 0 Å². The molecule has 0 saturated carbocycles. The maximum atomic E-state index is 10.8. The Kier molecular flexibility index (Phi) is 4.96. The fraction of sp³-hybridized carbons (Fsp3) is 0.286. The lowest BCUT2D eigenvalue weighted by molar-refractivity contribution is -0.138. The van der Waals surface area contributed by atoms with Gasteiger partial charge in [0.05, 0.1) is 11.8 Å². The minimum atomic E-state index is -0.577. The van der Waals surface area contributed by atoms with Gasteiger partial charge in [0.1, 0.15) is 5.70 Å². The number of rotatable bonds is 3. The summed E-state index contributed by atoms with van der Waals surface area (Å²) < 4.78 is 4.59. The molecule has 0 bridgehead atoms. The average Bonchev–Trinajstić information content (AvgIpc) is 2.00. The van der Waals surface area contributed by atoms with Gasteiger partial charge in [-0.2, -0.15) is 0 Å². The molecular weight excluding hydrogens is 180 g/mol. The molecule has 68 valence electrons. The van der Waals surface area contributed by atoms with Crippen molar-refractivity contribution in [3.8, 4) is 0 Å². The summed E-state index contributed by atoms with van der Waals surface area (Å²) in [5.41, 5.74) is 10.3. The summed E-state index contributed by atoms with van der Waals surface area (Å²) in [6, 6.07) is 0. The van der Waals surface area contributed by atoms with Crippen LogP contribution < -0.4 is 11.5 Å². The van der Waals surface area contributed by atoms with Gasteiger partial charge >= 0.3 is 5.97 Å². The van der Waals surface area contributed by atoms with Gasteiger partial charge in [0.15, 0.2) is 0 Å². The molecule has 5 heteroatoms. The van der Waals surface area contributed by atoms with Crippen LogP contribution in [-0.2, 0) is 9.53 Å². The van der Waals surface area contributed by atoms with Crippen molar-refractivity contribution in [2.45, 2.75) is 6.92 Å².